The number of rotatable bonds is 4. The van der Waals surface area contributed by atoms with Gasteiger partial charge in [-0.1, -0.05) is 20.8 Å². The van der Waals surface area contributed by atoms with Crippen LogP contribution >= 0.6 is 0 Å². The van der Waals surface area contributed by atoms with E-state index in [1.54, 1.807) is 0 Å². The normalized spacial score (nSPS) is 45.2. The van der Waals surface area contributed by atoms with E-state index in [2.05, 4.69) is 60.1 Å². The summed E-state index contributed by atoms with van der Waals surface area (Å²) in [6, 6.07) is 0. The second-order valence-electron chi connectivity index (χ2n) is 12.0. The van der Waals surface area contributed by atoms with Crippen LogP contribution in [0.4, 0.5) is 0 Å². The van der Waals surface area contributed by atoms with Crippen LogP contribution in [0.3, 0.4) is 0 Å². The Bertz CT molecular complexity index is 711. The quantitative estimate of drug-likeness (QED) is 0.511. The first-order chi connectivity index (χ1) is 12.1. The second kappa shape index (κ2) is 5.45. The van der Waals surface area contributed by atoms with E-state index in [1.165, 1.54) is 5.57 Å². The zero-order chi connectivity index (χ0) is 20.2. The molecule has 1 heterocycles. The highest BCUT2D eigenvalue weighted by Gasteiger charge is 2.79. The molecule has 27 heavy (non-hydrogen) atoms. The van der Waals surface area contributed by atoms with Crippen molar-refractivity contribution >= 4 is 22.4 Å². The lowest BCUT2D eigenvalue weighted by molar-refractivity contribution is -0.123. The summed E-state index contributed by atoms with van der Waals surface area (Å²) in [5, 5.41) is 0. The standard InChI is InChI=1S/C21H36O4Si2/c1-19(2)11-13-16(18(19)25-27(7,8)9)20(3)14(17(13)24-26(4,5)6)10-15(22)21(20)12-23-21/h10,13,16-18H,11-12H2,1-9H3/t13-,16-,17-,18+,20+,21+/m0/s1. The molecule has 3 aliphatic carbocycles. The van der Waals surface area contributed by atoms with Crippen LogP contribution in [0.1, 0.15) is 27.2 Å². The van der Waals surface area contributed by atoms with Crippen LogP contribution in [0.5, 0.6) is 0 Å². The molecule has 0 unspecified atom stereocenters. The Morgan fingerprint density at radius 2 is 1.59 bits per heavy atom. The summed E-state index contributed by atoms with van der Waals surface area (Å²) < 4.78 is 19.5. The molecule has 4 aliphatic rings. The predicted octanol–water partition coefficient (Wildman–Crippen LogP) is 4.39. The molecular formula is C21H36O4Si2. The minimum atomic E-state index is -1.76. The van der Waals surface area contributed by atoms with E-state index < -0.39 is 22.2 Å². The van der Waals surface area contributed by atoms with Crippen molar-refractivity contribution in [3.8, 4) is 0 Å². The molecule has 4 rings (SSSR count). The first-order valence-electron chi connectivity index (χ1n) is 10.4. The third-order valence-electron chi connectivity index (χ3n) is 7.20. The molecule has 6 atom stereocenters. The number of carbonyl (C=O) groups is 1. The third kappa shape index (κ3) is 2.74. The minimum absolute atomic E-state index is 0.0358. The van der Waals surface area contributed by atoms with Gasteiger partial charge in [-0.2, -0.15) is 0 Å². The number of hydrogen-bond donors (Lipinski definition) is 0. The van der Waals surface area contributed by atoms with Crippen molar-refractivity contribution in [3.05, 3.63) is 11.6 Å². The third-order valence-corrected chi connectivity index (χ3v) is 9.12. The largest absolute Gasteiger partial charge is 0.414 e. The molecule has 0 N–H and O–H groups in total. The highest BCUT2D eigenvalue weighted by atomic mass is 28.4. The van der Waals surface area contributed by atoms with Crippen LogP contribution in [0, 0.1) is 22.7 Å². The van der Waals surface area contributed by atoms with Gasteiger partial charge in [-0.05, 0) is 68.7 Å². The Balaban J connectivity index is 1.83. The summed E-state index contributed by atoms with van der Waals surface area (Å²) in [6.45, 7) is 21.0. The molecule has 2 saturated carbocycles. The number of hydrogen-bond acceptors (Lipinski definition) is 4. The number of ketones is 1. The Morgan fingerprint density at radius 3 is 2.07 bits per heavy atom. The maximum Gasteiger partial charge on any atom is 0.190 e. The molecule has 0 aromatic carbocycles. The van der Waals surface area contributed by atoms with E-state index in [0.29, 0.717) is 12.5 Å². The van der Waals surface area contributed by atoms with Gasteiger partial charge >= 0.3 is 0 Å². The Labute approximate surface area is 166 Å². The lowest BCUT2D eigenvalue weighted by atomic mass is 9.66. The van der Waals surface area contributed by atoms with E-state index in [0.717, 1.165) is 6.42 Å². The molecule has 0 aromatic rings. The van der Waals surface area contributed by atoms with Gasteiger partial charge in [0.15, 0.2) is 28.0 Å². The lowest BCUT2D eigenvalue weighted by Gasteiger charge is -2.43. The molecule has 1 spiro atoms. The average molecular weight is 409 g/mol. The molecule has 1 aliphatic heterocycles. The molecule has 1 saturated heterocycles. The molecule has 0 radical (unpaired) electrons. The van der Waals surface area contributed by atoms with Crippen LogP contribution in [0.2, 0.25) is 39.3 Å². The second-order valence-corrected chi connectivity index (χ2v) is 20.9. The first kappa shape index (κ1) is 20.0. The van der Waals surface area contributed by atoms with Crippen LogP contribution in [-0.2, 0) is 18.4 Å². The van der Waals surface area contributed by atoms with Crippen molar-refractivity contribution in [1.29, 1.82) is 0 Å². The Kier molecular flexibility index (Phi) is 4.04. The van der Waals surface area contributed by atoms with E-state index in [4.69, 9.17) is 13.6 Å². The van der Waals surface area contributed by atoms with Crippen LogP contribution in [0.25, 0.3) is 0 Å². The van der Waals surface area contributed by atoms with Gasteiger partial charge in [0.05, 0.1) is 18.8 Å². The van der Waals surface area contributed by atoms with Crippen LogP contribution in [-0.4, -0.2) is 46.8 Å². The molecular weight excluding hydrogens is 372 g/mol. The molecule has 4 nitrogen and oxygen atoms in total. The van der Waals surface area contributed by atoms with Gasteiger partial charge in [0.1, 0.15) is 0 Å². The summed E-state index contributed by atoms with van der Waals surface area (Å²) in [6.07, 6.45) is 3.15. The van der Waals surface area contributed by atoms with Crippen molar-refractivity contribution in [3.63, 3.8) is 0 Å². The molecule has 3 fully saturated rings. The van der Waals surface area contributed by atoms with E-state index in [9.17, 15) is 4.79 Å². The fraction of sp³-hybridized carbons (Fsp3) is 0.857. The molecule has 0 bridgehead atoms. The lowest BCUT2D eigenvalue weighted by Crippen LogP contribution is -2.50. The van der Waals surface area contributed by atoms with Crippen molar-refractivity contribution in [2.45, 2.75) is 84.3 Å². The maximum atomic E-state index is 13.0. The Morgan fingerprint density at radius 1 is 1.04 bits per heavy atom. The van der Waals surface area contributed by atoms with Crippen molar-refractivity contribution < 1.29 is 18.4 Å². The van der Waals surface area contributed by atoms with Crippen LogP contribution < -0.4 is 0 Å². The van der Waals surface area contributed by atoms with E-state index in [1.807, 2.05) is 6.08 Å². The summed E-state index contributed by atoms with van der Waals surface area (Å²) in [5.74, 6) is 0.832. The zero-order valence-corrected chi connectivity index (χ0v) is 20.4. The van der Waals surface area contributed by atoms with Gasteiger partial charge < -0.3 is 13.6 Å². The minimum Gasteiger partial charge on any atom is -0.414 e. The van der Waals surface area contributed by atoms with Gasteiger partial charge in [-0.15, -0.1) is 0 Å². The SMILES string of the molecule is CC1(C)C[C@H]2[C@@H]([C@H]1O[Si](C)(C)C)[C@@]1(C)C(=CC(=O)[C@]13CO3)[C@H]2O[Si](C)(C)C. The highest BCUT2D eigenvalue weighted by Crippen LogP contribution is 2.72. The summed E-state index contributed by atoms with van der Waals surface area (Å²) in [4.78, 5) is 13.0. The predicted molar refractivity (Wildman–Crippen MR) is 112 cm³/mol. The van der Waals surface area contributed by atoms with E-state index in [-0.39, 0.29) is 34.7 Å². The number of epoxide rings is 1. The fourth-order valence-electron chi connectivity index (χ4n) is 6.21. The highest BCUT2D eigenvalue weighted by molar-refractivity contribution is 6.70. The topological polar surface area (TPSA) is 48.1 Å². The van der Waals surface area contributed by atoms with E-state index >= 15 is 0 Å². The zero-order valence-electron chi connectivity index (χ0n) is 18.4. The summed E-state index contributed by atoms with van der Waals surface area (Å²) >= 11 is 0. The number of carbonyl (C=O) groups excluding carboxylic acids is 1. The molecule has 6 heteroatoms. The van der Waals surface area contributed by atoms with Crippen molar-refractivity contribution in [2.75, 3.05) is 6.61 Å². The van der Waals surface area contributed by atoms with Gasteiger partial charge in [0, 0.05) is 11.3 Å². The fourth-order valence-corrected chi connectivity index (χ4v) is 8.51. The molecule has 0 amide bonds. The van der Waals surface area contributed by atoms with Crippen molar-refractivity contribution in [1.82, 2.24) is 0 Å². The van der Waals surface area contributed by atoms with Crippen molar-refractivity contribution in [2.24, 2.45) is 22.7 Å². The first-order valence-corrected chi connectivity index (χ1v) is 17.2. The maximum absolute atomic E-state index is 13.0. The monoisotopic (exact) mass is 408 g/mol. The smallest absolute Gasteiger partial charge is 0.190 e. The summed E-state index contributed by atoms with van der Waals surface area (Å²) in [5.41, 5.74) is 0.330. The summed E-state index contributed by atoms with van der Waals surface area (Å²) in [7, 11) is -3.50. The van der Waals surface area contributed by atoms with Crippen LogP contribution in [0.15, 0.2) is 11.6 Å². The van der Waals surface area contributed by atoms with Gasteiger partial charge in [0.2, 0.25) is 0 Å². The molecule has 0 aromatic heterocycles. The Hall–Kier alpha value is -0.276. The van der Waals surface area contributed by atoms with Gasteiger partial charge in [0.25, 0.3) is 0 Å². The van der Waals surface area contributed by atoms with Gasteiger partial charge in [-0.25, -0.2) is 0 Å². The number of ether oxygens (including phenoxy) is 1. The molecule has 152 valence electrons. The van der Waals surface area contributed by atoms with Gasteiger partial charge in [-0.3, -0.25) is 4.79 Å². The number of fused-ring (bicyclic) bond motifs is 4. The average Bonchev–Trinajstić information content (AvgIpc) is 3.15.